The smallest absolute Gasteiger partial charge is 0.269 e. The summed E-state index contributed by atoms with van der Waals surface area (Å²) in [5, 5.41) is 10.6. The lowest BCUT2D eigenvalue weighted by atomic mass is 10.2. The van der Waals surface area contributed by atoms with Crippen LogP contribution in [0.15, 0.2) is 53.4 Å². The molecule has 0 saturated heterocycles. The van der Waals surface area contributed by atoms with E-state index in [0.717, 1.165) is 18.6 Å². The Bertz CT molecular complexity index is 786. The van der Waals surface area contributed by atoms with Gasteiger partial charge >= 0.3 is 0 Å². The van der Waals surface area contributed by atoms with Gasteiger partial charge in [-0.05, 0) is 36.2 Å². The number of non-ortho nitro benzene ring substituents is 1. The van der Waals surface area contributed by atoms with Crippen LogP contribution in [-0.4, -0.2) is 26.5 Å². The molecule has 8 heteroatoms. The van der Waals surface area contributed by atoms with Gasteiger partial charge in [-0.15, -0.1) is 0 Å². The summed E-state index contributed by atoms with van der Waals surface area (Å²) in [5.41, 5.74) is 1.04. The molecule has 0 amide bonds. The molecule has 0 heterocycles. The Labute approximate surface area is 140 Å². The van der Waals surface area contributed by atoms with Crippen LogP contribution in [0.3, 0.4) is 0 Å². The summed E-state index contributed by atoms with van der Waals surface area (Å²) in [5.74, 6) is 0.668. The third kappa shape index (κ3) is 4.77. The predicted molar refractivity (Wildman–Crippen MR) is 89.6 cm³/mol. The Morgan fingerprint density at radius 2 is 1.71 bits per heavy atom. The summed E-state index contributed by atoms with van der Waals surface area (Å²) >= 11 is 0. The van der Waals surface area contributed by atoms with E-state index in [2.05, 4.69) is 11.6 Å². The van der Waals surface area contributed by atoms with Crippen LogP contribution in [0, 0.1) is 10.1 Å². The number of rotatable bonds is 8. The zero-order valence-electron chi connectivity index (χ0n) is 13.1. The first-order valence-electron chi connectivity index (χ1n) is 7.38. The van der Waals surface area contributed by atoms with E-state index in [9.17, 15) is 18.5 Å². The van der Waals surface area contributed by atoms with Gasteiger partial charge in [-0.1, -0.05) is 19.1 Å². The second-order valence-corrected chi connectivity index (χ2v) is 6.76. The molecular weight excluding hydrogens is 332 g/mol. The zero-order chi connectivity index (χ0) is 17.6. The molecule has 2 aromatic rings. The van der Waals surface area contributed by atoms with Crippen molar-refractivity contribution in [3.05, 3.63) is 64.2 Å². The molecule has 0 aromatic heterocycles. The van der Waals surface area contributed by atoms with E-state index in [1.165, 1.54) is 17.7 Å². The van der Waals surface area contributed by atoms with Gasteiger partial charge in [-0.25, -0.2) is 13.1 Å². The van der Waals surface area contributed by atoms with Gasteiger partial charge in [0.1, 0.15) is 12.4 Å². The minimum Gasteiger partial charge on any atom is -0.492 e. The highest BCUT2D eigenvalue weighted by Gasteiger charge is 2.15. The summed E-state index contributed by atoms with van der Waals surface area (Å²) in [7, 11) is -3.72. The minimum atomic E-state index is -3.72. The SMILES string of the molecule is CCc1ccc(OCCNS(=O)(=O)c2ccc([N+](=O)[O-])cc2)cc1. The second kappa shape index (κ2) is 7.89. The summed E-state index contributed by atoms with van der Waals surface area (Å²) < 4.78 is 32.0. The fraction of sp³-hybridized carbons (Fsp3) is 0.250. The molecule has 0 bridgehead atoms. The van der Waals surface area contributed by atoms with Crippen LogP contribution in [0.5, 0.6) is 5.75 Å². The molecule has 0 radical (unpaired) electrons. The molecule has 0 saturated carbocycles. The lowest BCUT2D eigenvalue weighted by molar-refractivity contribution is -0.384. The summed E-state index contributed by atoms with van der Waals surface area (Å²) in [6.07, 6.45) is 0.940. The third-order valence-electron chi connectivity index (χ3n) is 3.35. The van der Waals surface area contributed by atoms with E-state index >= 15 is 0 Å². The minimum absolute atomic E-state index is 0.0274. The number of sulfonamides is 1. The largest absolute Gasteiger partial charge is 0.492 e. The van der Waals surface area contributed by atoms with Crippen LogP contribution in [0.25, 0.3) is 0 Å². The first-order valence-corrected chi connectivity index (χ1v) is 8.86. The number of ether oxygens (including phenoxy) is 1. The standard InChI is InChI=1S/C16H18N2O5S/c1-2-13-3-7-15(8-4-13)23-12-11-17-24(21,22)16-9-5-14(6-10-16)18(19)20/h3-10,17H,2,11-12H2,1H3. The predicted octanol–water partition coefficient (Wildman–Crippen LogP) is 2.51. The van der Waals surface area contributed by atoms with Gasteiger partial charge in [-0.3, -0.25) is 10.1 Å². The lowest BCUT2D eigenvalue weighted by Crippen LogP contribution is -2.28. The van der Waals surface area contributed by atoms with Crippen molar-refractivity contribution in [2.24, 2.45) is 0 Å². The highest BCUT2D eigenvalue weighted by Crippen LogP contribution is 2.16. The number of nitrogens with zero attached hydrogens (tertiary/aromatic N) is 1. The molecule has 0 fully saturated rings. The van der Waals surface area contributed by atoms with Crippen LogP contribution in [-0.2, 0) is 16.4 Å². The molecule has 128 valence electrons. The number of aryl methyl sites for hydroxylation is 1. The molecular formula is C16H18N2O5S. The van der Waals surface area contributed by atoms with Gasteiger partial charge in [0.05, 0.1) is 9.82 Å². The van der Waals surface area contributed by atoms with E-state index in [4.69, 9.17) is 4.74 Å². The Hall–Kier alpha value is -2.45. The maximum atomic E-state index is 12.1. The first kappa shape index (κ1) is 17.9. The number of hydrogen-bond donors (Lipinski definition) is 1. The molecule has 24 heavy (non-hydrogen) atoms. The van der Waals surface area contributed by atoms with Crippen LogP contribution in [0.4, 0.5) is 5.69 Å². The Morgan fingerprint density at radius 1 is 1.08 bits per heavy atom. The van der Waals surface area contributed by atoms with Crippen LogP contribution >= 0.6 is 0 Å². The maximum absolute atomic E-state index is 12.1. The van der Waals surface area contributed by atoms with Gasteiger partial charge in [0.25, 0.3) is 5.69 Å². The normalized spacial score (nSPS) is 11.2. The summed E-state index contributed by atoms with van der Waals surface area (Å²) in [6.45, 7) is 2.33. The van der Waals surface area contributed by atoms with Crippen LogP contribution < -0.4 is 9.46 Å². The van der Waals surface area contributed by atoms with Crippen molar-refractivity contribution >= 4 is 15.7 Å². The monoisotopic (exact) mass is 350 g/mol. The van der Waals surface area contributed by atoms with Crippen molar-refractivity contribution in [2.75, 3.05) is 13.2 Å². The van der Waals surface area contributed by atoms with E-state index in [1.807, 2.05) is 24.3 Å². The number of benzene rings is 2. The van der Waals surface area contributed by atoms with Crippen molar-refractivity contribution in [2.45, 2.75) is 18.2 Å². The fourth-order valence-electron chi connectivity index (χ4n) is 2.00. The van der Waals surface area contributed by atoms with Gasteiger partial charge in [-0.2, -0.15) is 0 Å². The van der Waals surface area contributed by atoms with Crippen LogP contribution in [0.1, 0.15) is 12.5 Å². The van der Waals surface area contributed by atoms with E-state index < -0.39 is 14.9 Å². The molecule has 0 aliphatic heterocycles. The molecule has 2 rings (SSSR count). The van der Waals surface area contributed by atoms with Gasteiger partial charge in [0, 0.05) is 18.7 Å². The number of nitrogens with one attached hydrogen (secondary N) is 1. The van der Waals surface area contributed by atoms with Crippen molar-refractivity contribution in [1.29, 1.82) is 0 Å². The third-order valence-corrected chi connectivity index (χ3v) is 4.83. The van der Waals surface area contributed by atoms with Crippen molar-refractivity contribution in [3.8, 4) is 5.75 Å². The molecule has 0 aliphatic carbocycles. The second-order valence-electron chi connectivity index (χ2n) is 4.99. The molecule has 7 nitrogen and oxygen atoms in total. The van der Waals surface area contributed by atoms with E-state index in [-0.39, 0.29) is 23.7 Å². The molecule has 0 unspecified atom stereocenters. The molecule has 0 spiro atoms. The lowest BCUT2D eigenvalue weighted by Gasteiger charge is -2.09. The average Bonchev–Trinajstić information content (AvgIpc) is 2.59. The van der Waals surface area contributed by atoms with E-state index in [1.54, 1.807) is 0 Å². The quantitative estimate of drug-likeness (QED) is 0.448. The van der Waals surface area contributed by atoms with Crippen LogP contribution in [0.2, 0.25) is 0 Å². The summed E-state index contributed by atoms with van der Waals surface area (Å²) in [4.78, 5) is 9.96. The zero-order valence-corrected chi connectivity index (χ0v) is 14.0. The molecule has 0 aliphatic rings. The van der Waals surface area contributed by atoms with Crippen molar-refractivity contribution in [1.82, 2.24) is 4.72 Å². The van der Waals surface area contributed by atoms with Gasteiger partial charge in [0.15, 0.2) is 0 Å². The highest BCUT2D eigenvalue weighted by atomic mass is 32.2. The topological polar surface area (TPSA) is 98.5 Å². The highest BCUT2D eigenvalue weighted by molar-refractivity contribution is 7.89. The Balaban J connectivity index is 1.86. The van der Waals surface area contributed by atoms with Crippen molar-refractivity contribution < 1.29 is 18.1 Å². The fourth-order valence-corrected chi connectivity index (χ4v) is 3.01. The summed E-state index contributed by atoms with van der Waals surface area (Å²) in [6, 6.07) is 12.3. The molecule has 1 N–H and O–H groups in total. The first-order chi connectivity index (χ1) is 11.4. The Morgan fingerprint density at radius 3 is 2.25 bits per heavy atom. The Kier molecular flexibility index (Phi) is 5.88. The molecule has 2 aromatic carbocycles. The van der Waals surface area contributed by atoms with E-state index in [0.29, 0.717) is 5.75 Å². The molecule has 0 atom stereocenters. The van der Waals surface area contributed by atoms with Crippen molar-refractivity contribution in [3.63, 3.8) is 0 Å². The maximum Gasteiger partial charge on any atom is 0.269 e. The number of nitro benzene ring substituents is 1. The number of hydrogen-bond acceptors (Lipinski definition) is 5. The average molecular weight is 350 g/mol. The number of nitro groups is 1. The van der Waals surface area contributed by atoms with Gasteiger partial charge in [0.2, 0.25) is 10.0 Å². The van der Waals surface area contributed by atoms with Gasteiger partial charge < -0.3 is 4.74 Å².